The van der Waals surface area contributed by atoms with Crippen LogP contribution in [0.4, 0.5) is 8.78 Å². The van der Waals surface area contributed by atoms with Crippen LogP contribution in [-0.4, -0.2) is 36.5 Å². The van der Waals surface area contributed by atoms with Gasteiger partial charge >= 0.3 is 5.92 Å². The number of nitrogens with zero attached hydrogens (tertiary/aromatic N) is 2. The molecule has 2 saturated heterocycles. The average Bonchev–Trinajstić information content (AvgIpc) is 3.25. The molecule has 2 aliphatic rings. The fourth-order valence-electron chi connectivity index (χ4n) is 3.77. The van der Waals surface area contributed by atoms with E-state index in [1.807, 2.05) is 0 Å². The van der Waals surface area contributed by atoms with E-state index in [9.17, 15) is 8.78 Å². The van der Waals surface area contributed by atoms with Crippen LogP contribution >= 0.6 is 23.2 Å². The minimum atomic E-state index is -3.45. The summed E-state index contributed by atoms with van der Waals surface area (Å²) in [6.45, 7) is 2.72. The second-order valence-electron chi connectivity index (χ2n) is 6.81. The highest BCUT2D eigenvalue weighted by molar-refractivity contribution is 6.42. The smallest absolute Gasteiger partial charge is 0.349 e. The van der Waals surface area contributed by atoms with Crippen molar-refractivity contribution in [3.63, 3.8) is 0 Å². The summed E-state index contributed by atoms with van der Waals surface area (Å²) in [5, 5.41) is 11.2. The number of alkyl halides is 2. The van der Waals surface area contributed by atoms with Crippen molar-refractivity contribution < 1.29 is 17.9 Å². The number of hydrogen-bond donors (Lipinski definition) is 1. The van der Waals surface area contributed by atoms with Gasteiger partial charge in [0.1, 0.15) is 0 Å². The summed E-state index contributed by atoms with van der Waals surface area (Å²) in [7, 11) is 0. The molecule has 1 aromatic carbocycles. The molecule has 4 rings (SSSR count). The van der Waals surface area contributed by atoms with Crippen molar-refractivity contribution in [3.8, 4) is 0 Å². The van der Waals surface area contributed by atoms with Crippen molar-refractivity contribution in [1.29, 1.82) is 0 Å². The molecule has 0 saturated carbocycles. The molecule has 0 radical (unpaired) electrons. The van der Waals surface area contributed by atoms with Crippen LogP contribution in [0.25, 0.3) is 0 Å². The predicted octanol–water partition coefficient (Wildman–Crippen LogP) is 4.00. The Labute approximate surface area is 159 Å². The van der Waals surface area contributed by atoms with Crippen LogP contribution in [0.2, 0.25) is 10.0 Å². The summed E-state index contributed by atoms with van der Waals surface area (Å²) < 4.78 is 40.5. The monoisotopic (exact) mass is 403 g/mol. The van der Waals surface area contributed by atoms with E-state index >= 15 is 0 Å². The highest BCUT2D eigenvalue weighted by atomic mass is 35.5. The number of aromatic nitrogens is 2. The summed E-state index contributed by atoms with van der Waals surface area (Å²) in [5.41, 5.74) is -0.423. The Bertz CT molecular complexity index is 809. The van der Waals surface area contributed by atoms with Gasteiger partial charge in [-0.05, 0) is 30.4 Å². The van der Waals surface area contributed by atoms with Gasteiger partial charge < -0.3 is 14.5 Å². The van der Waals surface area contributed by atoms with Gasteiger partial charge in [-0.25, -0.2) is 0 Å². The van der Waals surface area contributed by atoms with E-state index < -0.39 is 11.8 Å². The number of halogens is 4. The van der Waals surface area contributed by atoms with Gasteiger partial charge in [0.05, 0.1) is 16.0 Å². The zero-order valence-electron chi connectivity index (χ0n) is 13.8. The topological polar surface area (TPSA) is 60.2 Å². The Kier molecular flexibility index (Phi) is 4.67. The van der Waals surface area contributed by atoms with Crippen LogP contribution in [-0.2, 0) is 10.7 Å². The second-order valence-corrected chi connectivity index (χ2v) is 7.62. The van der Waals surface area contributed by atoms with Crippen molar-refractivity contribution in [1.82, 2.24) is 15.5 Å². The van der Waals surface area contributed by atoms with Gasteiger partial charge in [0, 0.05) is 31.9 Å². The summed E-state index contributed by atoms with van der Waals surface area (Å²) in [6, 6.07) is 3.64. The summed E-state index contributed by atoms with van der Waals surface area (Å²) >= 11 is 11.7. The molecule has 1 atom stereocenters. The van der Waals surface area contributed by atoms with E-state index in [2.05, 4.69) is 15.5 Å². The molecule has 1 aromatic heterocycles. The molecule has 5 nitrogen and oxygen atoms in total. The third-order valence-electron chi connectivity index (χ3n) is 5.34. The van der Waals surface area contributed by atoms with Gasteiger partial charge in [-0.2, -0.15) is 8.78 Å². The molecule has 1 unspecified atom stereocenters. The minimum Gasteiger partial charge on any atom is -0.419 e. The number of hydrogen-bond acceptors (Lipinski definition) is 5. The normalized spacial score (nSPS) is 22.8. The lowest BCUT2D eigenvalue weighted by Gasteiger charge is -2.36. The van der Waals surface area contributed by atoms with E-state index in [1.165, 1.54) is 12.1 Å². The van der Waals surface area contributed by atoms with Crippen LogP contribution in [0.3, 0.4) is 0 Å². The van der Waals surface area contributed by atoms with E-state index in [0.29, 0.717) is 19.8 Å². The van der Waals surface area contributed by atoms with Gasteiger partial charge in [-0.1, -0.05) is 29.3 Å². The molecule has 1 spiro atoms. The number of nitrogens with one attached hydrogen (secondary N) is 1. The van der Waals surface area contributed by atoms with Crippen molar-refractivity contribution in [2.45, 2.75) is 24.7 Å². The molecule has 0 aliphatic carbocycles. The summed E-state index contributed by atoms with van der Waals surface area (Å²) in [6.07, 6.45) is 1.68. The zero-order valence-corrected chi connectivity index (χ0v) is 15.3. The molecular weight excluding hydrogens is 387 g/mol. The van der Waals surface area contributed by atoms with Crippen LogP contribution in [0.5, 0.6) is 0 Å². The third-order valence-corrected chi connectivity index (χ3v) is 6.08. The van der Waals surface area contributed by atoms with Gasteiger partial charge in [0.25, 0.3) is 5.89 Å². The Morgan fingerprint density at radius 2 is 1.92 bits per heavy atom. The Morgan fingerprint density at radius 3 is 2.65 bits per heavy atom. The zero-order chi connectivity index (χ0) is 18.4. The molecule has 2 fully saturated rings. The molecule has 2 aliphatic heterocycles. The minimum absolute atomic E-state index is 0.0460. The van der Waals surface area contributed by atoms with E-state index in [0.717, 1.165) is 25.5 Å². The Morgan fingerprint density at radius 1 is 1.15 bits per heavy atom. The van der Waals surface area contributed by atoms with Crippen molar-refractivity contribution >= 4 is 23.2 Å². The fraction of sp³-hybridized carbons (Fsp3) is 0.529. The molecule has 1 N–H and O–H groups in total. The van der Waals surface area contributed by atoms with Crippen LogP contribution in [0, 0.1) is 5.41 Å². The van der Waals surface area contributed by atoms with Crippen LogP contribution < -0.4 is 5.32 Å². The first-order valence-corrected chi connectivity index (χ1v) is 9.14. The molecule has 0 bridgehead atoms. The maximum Gasteiger partial charge on any atom is 0.349 e. The SMILES string of the molecule is FC(F)(c1ccc(Cl)c(Cl)c1)c1nnc(C2CNCC23CCOCC3)o1. The molecule has 2 aromatic rings. The largest absolute Gasteiger partial charge is 0.419 e. The Hall–Kier alpha value is -1.28. The summed E-state index contributed by atoms with van der Waals surface area (Å²) in [5.74, 6) is -4.04. The van der Waals surface area contributed by atoms with Crippen molar-refractivity contribution in [3.05, 3.63) is 45.6 Å². The van der Waals surface area contributed by atoms with Crippen molar-refractivity contribution in [2.24, 2.45) is 5.41 Å². The van der Waals surface area contributed by atoms with Gasteiger partial charge in [0.15, 0.2) is 0 Å². The standard InChI is InChI=1S/C17H17Cl2F2N3O2/c18-12-2-1-10(7-13(12)19)17(20,21)15-24-23-14(26-15)11-8-22-9-16(11)3-5-25-6-4-16/h1-2,7,11,22H,3-6,8-9H2. The molecule has 3 heterocycles. The third kappa shape index (κ3) is 3.01. The van der Waals surface area contributed by atoms with Gasteiger partial charge in [-0.3, -0.25) is 0 Å². The maximum atomic E-state index is 14.8. The highest BCUT2D eigenvalue weighted by Gasteiger charge is 2.48. The second kappa shape index (κ2) is 6.71. The fourth-order valence-corrected chi connectivity index (χ4v) is 4.07. The molecule has 9 heteroatoms. The lowest BCUT2D eigenvalue weighted by molar-refractivity contribution is 0.00294. The molecule has 140 valence electrons. The van der Waals surface area contributed by atoms with Crippen LogP contribution in [0.15, 0.2) is 22.6 Å². The number of ether oxygens (including phenoxy) is 1. The lowest BCUT2D eigenvalue weighted by Crippen LogP contribution is -2.35. The number of benzene rings is 1. The number of rotatable bonds is 3. The van der Waals surface area contributed by atoms with Crippen LogP contribution in [0.1, 0.15) is 36.1 Å². The first-order chi connectivity index (χ1) is 12.4. The van der Waals surface area contributed by atoms with Gasteiger partial charge in [-0.15, -0.1) is 10.2 Å². The van der Waals surface area contributed by atoms with E-state index in [-0.39, 0.29) is 32.8 Å². The van der Waals surface area contributed by atoms with Gasteiger partial charge in [0.2, 0.25) is 5.89 Å². The predicted molar refractivity (Wildman–Crippen MR) is 91.9 cm³/mol. The first kappa shape index (κ1) is 18.1. The average molecular weight is 404 g/mol. The molecule has 0 amide bonds. The first-order valence-electron chi connectivity index (χ1n) is 8.38. The van der Waals surface area contributed by atoms with Crippen molar-refractivity contribution in [2.75, 3.05) is 26.3 Å². The summed E-state index contributed by atoms with van der Waals surface area (Å²) in [4.78, 5) is 0. The molecule has 26 heavy (non-hydrogen) atoms. The molecular formula is C17H17Cl2F2N3O2. The highest BCUT2D eigenvalue weighted by Crippen LogP contribution is 2.47. The Balaban J connectivity index is 1.63. The van der Waals surface area contributed by atoms with E-state index in [4.69, 9.17) is 32.4 Å². The maximum absolute atomic E-state index is 14.8. The quantitative estimate of drug-likeness (QED) is 0.838. The lowest BCUT2D eigenvalue weighted by atomic mass is 9.72. The van der Waals surface area contributed by atoms with E-state index in [1.54, 1.807) is 0 Å².